The maximum atomic E-state index is 10.9. The smallest absolute Gasteiger partial charge is 0.202 e. The Bertz CT molecular complexity index is 275. The van der Waals surface area contributed by atoms with Gasteiger partial charge in [-0.2, -0.15) is 0 Å². The van der Waals surface area contributed by atoms with E-state index in [4.69, 9.17) is 16.7 Å². The van der Waals surface area contributed by atoms with E-state index in [2.05, 4.69) is 0 Å². The first-order valence-corrected chi connectivity index (χ1v) is 3.30. The van der Waals surface area contributed by atoms with Crippen molar-refractivity contribution in [2.24, 2.45) is 0 Å². The summed E-state index contributed by atoms with van der Waals surface area (Å²) >= 11 is 5.37. The van der Waals surface area contributed by atoms with Crippen LogP contribution in [0.1, 0.15) is 0 Å². The molecule has 0 radical (unpaired) electrons. The average Bonchev–Trinajstić information content (AvgIpc) is 1.96. The van der Waals surface area contributed by atoms with Gasteiger partial charge in [-0.05, 0) is 6.08 Å². The SMILES string of the molecule is O=C1C=C(Cl)C(=O)C(CO)=C1. The number of rotatable bonds is 1. The fraction of sp³-hybridized carbons (Fsp3) is 0.143. The van der Waals surface area contributed by atoms with Crippen molar-refractivity contribution < 1.29 is 14.7 Å². The normalized spacial score (nSPS) is 18.0. The highest BCUT2D eigenvalue weighted by atomic mass is 35.5. The predicted molar refractivity (Wildman–Crippen MR) is 39.1 cm³/mol. The van der Waals surface area contributed by atoms with Gasteiger partial charge < -0.3 is 5.11 Å². The third kappa shape index (κ3) is 1.56. The number of hydrogen-bond donors (Lipinski definition) is 1. The topological polar surface area (TPSA) is 54.4 Å². The van der Waals surface area contributed by atoms with E-state index in [1.807, 2.05) is 0 Å². The van der Waals surface area contributed by atoms with E-state index in [1.54, 1.807) is 0 Å². The van der Waals surface area contributed by atoms with Crippen molar-refractivity contribution in [3.05, 3.63) is 22.8 Å². The lowest BCUT2D eigenvalue weighted by atomic mass is 10.0. The summed E-state index contributed by atoms with van der Waals surface area (Å²) in [6.45, 7) is -0.450. The molecule has 0 aromatic rings. The first-order valence-electron chi connectivity index (χ1n) is 2.92. The summed E-state index contributed by atoms with van der Waals surface area (Å²) in [5.41, 5.74) is 0.0440. The molecule has 0 aromatic carbocycles. The number of Topliss-reactive ketones (excluding diaryl/α,β-unsaturated/α-hetero) is 1. The first kappa shape index (κ1) is 8.17. The third-order valence-electron chi connectivity index (χ3n) is 1.26. The number of aliphatic hydroxyl groups excluding tert-OH is 1. The molecule has 0 atom stereocenters. The summed E-state index contributed by atoms with van der Waals surface area (Å²) in [6, 6.07) is 0. The number of aliphatic hydroxyl groups is 1. The minimum absolute atomic E-state index is 0.0440. The third-order valence-corrected chi connectivity index (χ3v) is 1.55. The van der Waals surface area contributed by atoms with Gasteiger partial charge in [0.2, 0.25) is 5.78 Å². The van der Waals surface area contributed by atoms with Gasteiger partial charge in [0.1, 0.15) is 0 Å². The van der Waals surface area contributed by atoms with Gasteiger partial charge in [-0.25, -0.2) is 0 Å². The second-order valence-electron chi connectivity index (χ2n) is 2.05. The lowest BCUT2D eigenvalue weighted by Gasteiger charge is -2.04. The molecule has 58 valence electrons. The van der Waals surface area contributed by atoms with Crippen LogP contribution in [0.5, 0.6) is 0 Å². The minimum atomic E-state index is -0.478. The largest absolute Gasteiger partial charge is 0.392 e. The van der Waals surface area contributed by atoms with E-state index in [0.29, 0.717) is 0 Å². The zero-order valence-electron chi connectivity index (χ0n) is 5.50. The van der Waals surface area contributed by atoms with Gasteiger partial charge in [-0.15, -0.1) is 0 Å². The van der Waals surface area contributed by atoms with Crippen LogP contribution in [0.15, 0.2) is 22.8 Å². The molecule has 1 rings (SSSR count). The number of hydrogen-bond acceptors (Lipinski definition) is 3. The molecule has 0 saturated carbocycles. The summed E-state index contributed by atoms with van der Waals surface area (Å²) in [4.78, 5) is 21.6. The van der Waals surface area contributed by atoms with Gasteiger partial charge in [0.15, 0.2) is 5.78 Å². The molecule has 1 aliphatic carbocycles. The zero-order chi connectivity index (χ0) is 8.43. The van der Waals surface area contributed by atoms with Crippen LogP contribution in [0, 0.1) is 0 Å². The molecule has 0 amide bonds. The van der Waals surface area contributed by atoms with Gasteiger partial charge in [0, 0.05) is 11.6 Å². The van der Waals surface area contributed by atoms with Crippen molar-refractivity contribution in [3.8, 4) is 0 Å². The van der Waals surface area contributed by atoms with Crippen LogP contribution >= 0.6 is 11.6 Å². The summed E-state index contributed by atoms with van der Waals surface area (Å²) in [5, 5.41) is 8.43. The van der Waals surface area contributed by atoms with Crippen molar-refractivity contribution in [2.45, 2.75) is 0 Å². The summed E-state index contributed by atoms with van der Waals surface area (Å²) < 4.78 is 0. The van der Waals surface area contributed by atoms with Crippen molar-refractivity contribution in [3.63, 3.8) is 0 Å². The van der Waals surface area contributed by atoms with Crippen molar-refractivity contribution in [1.29, 1.82) is 0 Å². The van der Waals surface area contributed by atoms with Crippen LogP contribution in [0.25, 0.3) is 0 Å². The molecule has 0 unspecified atom stereocenters. The second kappa shape index (κ2) is 2.98. The maximum Gasteiger partial charge on any atom is 0.202 e. The van der Waals surface area contributed by atoms with E-state index in [0.717, 1.165) is 12.2 Å². The Balaban J connectivity index is 3.00. The summed E-state index contributed by atoms with van der Waals surface area (Å²) in [6.07, 6.45) is 2.11. The molecular formula is C7H5ClO3. The Hall–Kier alpha value is -0.930. The lowest BCUT2D eigenvalue weighted by molar-refractivity contribution is -0.115. The zero-order valence-corrected chi connectivity index (χ0v) is 6.26. The summed E-state index contributed by atoms with van der Waals surface area (Å²) in [5.74, 6) is -0.840. The molecule has 0 spiro atoms. The van der Waals surface area contributed by atoms with E-state index in [1.165, 1.54) is 0 Å². The Morgan fingerprint density at radius 1 is 1.36 bits per heavy atom. The average molecular weight is 173 g/mol. The molecule has 1 N–H and O–H groups in total. The molecule has 0 bridgehead atoms. The second-order valence-corrected chi connectivity index (χ2v) is 2.46. The lowest BCUT2D eigenvalue weighted by Crippen LogP contribution is -2.13. The van der Waals surface area contributed by atoms with Gasteiger partial charge in [0.05, 0.1) is 11.6 Å². The quantitative estimate of drug-likeness (QED) is 0.574. The highest BCUT2D eigenvalue weighted by molar-refractivity contribution is 6.48. The molecule has 1 aliphatic rings. The van der Waals surface area contributed by atoms with Crippen LogP contribution in [0.3, 0.4) is 0 Å². The monoisotopic (exact) mass is 172 g/mol. The molecule has 0 heterocycles. The standard InChI is InChI=1S/C7H5ClO3/c8-6-2-5(10)1-4(3-9)7(6)11/h1-2,9H,3H2. The fourth-order valence-corrected chi connectivity index (χ4v) is 0.969. The molecule has 0 aliphatic heterocycles. The van der Waals surface area contributed by atoms with Crippen molar-refractivity contribution >= 4 is 23.2 Å². The molecule has 0 fully saturated rings. The van der Waals surface area contributed by atoms with Crippen LogP contribution in [0.4, 0.5) is 0 Å². The van der Waals surface area contributed by atoms with E-state index in [-0.39, 0.29) is 16.4 Å². The van der Waals surface area contributed by atoms with Crippen molar-refractivity contribution in [1.82, 2.24) is 0 Å². The first-order chi connectivity index (χ1) is 5.15. The number of carbonyl (C=O) groups is 2. The number of carbonyl (C=O) groups excluding carboxylic acids is 2. The maximum absolute atomic E-state index is 10.9. The van der Waals surface area contributed by atoms with Crippen molar-refractivity contribution in [2.75, 3.05) is 6.61 Å². The number of allylic oxidation sites excluding steroid dienone is 3. The van der Waals surface area contributed by atoms with Gasteiger partial charge >= 0.3 is 0 Å². The fourth-order valence-electron chi connectivity index (χ4n) is 0.740. The Kier molecular flexibility index (Phi) is 2.22. The van der Waals surface area contributed by atoms with Gasteiger partial charge in [-0.1, -0.05) is 11.6 Å². The van der Waals surface area contributed by atoms with E-state index < -0.39 is 12.4 Å². The van der Waals surface area contributed by atoms with Crippen LogP contribution in [0.2, 0.25) is 0 Å². The number of halogens is 1. The Morgan fingerprint density at radius 2 is 2.00 bits per heavy atom. The van der Waals surface area contributed by atoms with Crippen LogP contribution in [-0.2, 0) is 9.59 Å². The van der Waals surface area contributed by atoms with E-state index >= 15 is 0 Å². The van der Waals surface area contributed by atoms with Gasteiger partial charge in [0.25, 0.3) is 0 Å². The molecule has 11 heavy (non-hydrogen) atoms. The highest BCUT2D eigenvalue weighted by Gasteiger charge is 2.18. The summed E-state index contributed by atoms with van der Waals surface area (Å²) in [7, 11) is 0. The van der Waals surface area contributed by atoms with Crippen LogP contribution < -0.4 is 0 Å². The Morgan fingerprint density at radius 3 is 2.55 bits per heavy atom. The van der Waals surface area contributed by atoms with Crippen LogP contribution in [-0.4, -0.2) is 23.3 Å². The molecule has 0 aromatic heterocycles. The highest BCUT2D eigenvalue weighted by Crippen LogP contribution is 2.15. The van der Waals surface area contributed by atoms with Gasteiger partial charge in [-0.3, -0.25) is 9.59 Å². The molecular weight excluding hydrogens is 168 g/mol. The number of ketones is 2. The molecule has 4 heteroatoms. The predicted octanol–water partition coefficient (Wildman–Crippen LogP) is 0.180. The molecule has 3 nitrogen and oxygen atoms in total. The minimum Gasteiger partial charge on any atom is -0.392 e. The molecule has 0 saturated heterocycles. The van der Waals surface area contributed by atoms with E-state index in [9.17, 15) is 9.59 Å². The Labute approximate surface area is 68.0 Å².